The van der Waals surface area contributed by atoms with Crippen molar-refractivity contribution >= 4 is 11.9 Å². The highest BCUT2D eigenvalue weighted by Gasteiger charge is 2.25. The summed E-state index contributed by atoms with van der Waals surface area (Å²) in [6.45, 7) is 10.1. The second-order valence-corrected chi connectivity index (χ2v) is 7.69. The van der Waals surface area contributed by atoms with Crippen LogP contribution in [-0.4, -0.2) is 42.0 Å². The molecule has 5 nitrogen and oxygen atoms in total. The molecule has 1 aliphatic rings. The lowest BCUT2D eigenvalue weighted by atomic mass is 9.96. The molecule has 1 fully saturated rings. The lowest BCUT2D eigenvalue weighted by molar-refractivity contribution is 0.0937. The fourth-order valence-corrected chi connectivity index (χ4v) is 2.87. The van der Waals surface area contributed by atoms with Gasteiger partial charge in [-0.15, -0.1) is 0 Å². The first-order valence-electron chi connectivity index (χ1n) is 8.66. The zero-order chi connectivity index (χ0) is 17.7. The largest absolute Gasteiger partial charge is 0.352 e. The van der Waals surface area contributed by atoms with Crippen molar-refractivity contribution in [3.63, 3.8) is 0 Å². The van der Waals surface area contributed by atoms with Crippen LogP contribution in [0.5, 0.6) is 0 Å². The van der Waals surface area contributed by atoms with Gasteiger partial charge in [0.05, 0.1) is 0 Å². The van der Waals surface area contributed by atoms with Gasteiger partial charge in [0.25, 0.3) is 5.91 Å². The van der Waals surface area contributed by atoms with Crippen molar-refractivity contribution in [1.82, 2.24) is 15.5 Å². The van der Waals surface area contributed by atoms with E-state index < -0.39 is 0 Å². The average molecular weight is 331 g/mol. The number of piperidine rings is 1. The molecule has 5 heteroatoms. The number of hydrogen-bond donors (Lipinski definition) is 2. The molecular formula is C19H29N3O2. The van der Waals surface area contributed by atoms with E-state index in [0.717, 1.165) is 31.5 Å². The van der Waals surface area contributed by atoms with Crippen LogP contribution in [0, 0.1) is 12.8 Å². The second-order valence-electron chi connectivity index (χ2n) is 7.69. The van der Waals surface area contributed by atoms with E-state index >= 15 is 0 Å². The first-order valence-corrected chi connectivity index (χ1v) is 8.66. The summed E-state index contributed by atoms with van der Waals surface area (Å²) in [6.07, 6.45) is 1.84. The van der Waals surface area contributed by atoms with Crippen LogP contribution in [0.15, 0.2) is 24.3 Å². The van der Waals surface area contributed by atoms with E-state index in [1.165, 1.54) is 0 Å². The minimum absolute atomic E-state index is 0.00439. The van der Waals surface area contributed by atoms with Crippen molar-refractivity contribution in [2.24, 2.45) is 5.92 Å². The maximum atomic E-state index is 12.2. The Labute approximate surface area is 144 Å². The Balaban J connectivity index is 1.75. The Morgan fingerprint density at radius 3 is 2.46 bits per heavy atom. The van der Waals surface area contributed by atoms with Crippen LogP contribution in [0.4, 0.5) is 4.79 Å². The smallest absolute Gasteiger partial charge is 0.317 e. The van der Waals surface area contributed by atoms with E-state index in [2.05, 4.69) is 10.6 Å². The van der Waals surface area contributed by atoms with Crippen molar-refractivity contribution in [2.45, 2.75) is 46.1 Å². The minimum Gasteiger partial charge on any atom is -0.352 e. The van der Waals surface area contributed by atoms with E-state index in [1.807, 2.05) is 56.9 Å². The second kappa shape index (κ2) is 7.69. The highest BCUT2D eigenvalue weighted by Crippen LogP contribution is 2.17. The van der Waals surface area contributed by atoms with Gasteiger partial charge in [0.15, 0.2) is 0 Å². The molecule has 1 aromatic rings. The van der Waals surface area contributed by atoms with Crippen LogP contribution in [0.2, 0.25) is 0 Å². The molecule has 0 bridgehead atoms. The van der Waals surface area contributed by atoms with Crippen LogP contribution in [0.3, 0.4) is 0 Å². The summed E-state index contributed by atoms with van der Waals surface area (Å²) in [7, 11) is 0. The molecule has 1 aliphatic heterocycles. The van der Waals surface area contributed by atoms with Crippen LogP contribution in [0.1, 0.15) is 49.5 Å². The molecule has 2 rings (SSSR count). The van der Waals surface area contributed by atoms with E-state index in [9.17, 15) is 9.59 Å². The fourth-order valence-electron chi connectivity index (χ4n) is 2.87. The summed E-state index contributed by atoms with van der Waals surface area (Å²) in [6, 6.07) is 7.62. The maximum absolute atomic E-state index is 12.2. The number of rotatable bonds is 3. The number of hydrogen-bond acceptors (Lipinski definition) is 2. The van der Waals surface area contributed by atoms with Gasteiger partial charge in [-0.2, -0.15) is 0 Å². The predicted molar refractivity (Wildman–Crippen MR) is 96.1 cm³/mol. The number of benzene rings is 1. The van der Waals surface area contributed by atoms with Crippen molar-refractivity contribution in [3.8, 4) is 0 Å². The summed E-state index contributed by atoms with van der Waals surface area (Å²) in [4.78, 5) is 26.2. The van der Waals surface area contributed by atoms with Crippen LogP contribution in [0.25, 0.3) is 0 Å². The third-order valence-corrected chi connectivity index (χ3v) is 4.22. The minimum atomic E-state index is -0.213. The van der Waals surface area contributed by atoms with Gasteiger partial charge < -0.3 is 15.5 Å². The molecular weight excluding hydrogens is 302 g/mol. The van der Waals surface area contributed by atoms with Crippen LogP contribution < -0.4 is 10.6 Å². The molecule has 0 saturated carbocycles. The monoisotopic (exact) mass is 331 g/mol. The maximum Gasteiger partial charge on any atom is 0.317 e. The molecule has 0 aliphatic carbocycles. The number of likely N-dealkylation sites (tertiary alicyclic amines) is 1. The van der Waals surface area contributed by atoms with Gasteiger partial charge in [0.1, 0.15) is 0 Å². The molecule has 132 valence electrons. The molecule has 0 radical (unpaired) electrons. The SMILES string of the molecule is Cc1cccc(C(=O)NCC2CCN(C(=O)NC(C)(C)C)CC2)c1. The molecule has 0 spiro atoms. The number of carbonyl (C=O) groups excluding carboxylic acids is 2. The van der Waals surface area contributed by atoms with Crippen molar-refractivity contribution in [2.75, 3.05) is 19.6 Å². The standard InChI is InChI=1S/C19H29N3O2/c1-14-6-5-7-16(12-14)17(23)20-13-15-8-10-22(11-9-15)18(24)21-19(2,3)4/h5-7,12,15H,8-11,13H2,1-4H3,(H,20,23)(H,21,24). The van der Waals surface area contributed by atoms with Crippen LogP contribution in [-0.2, 0) is 0 Å². The van der Waals surface area contributed by atoms with Gasteiger partial charge in [-0.05, 0) is 58.6 Å². The molecule has 1 heterocycles. The number of aryl methyl sites for hydroxylation is 1. The molecule has 3 amide bonds. The molecule has 0 atom stereocenters. The lowest BCUT2D eigenvalue weighted by Crippen LogP contribution is -2.51. The first kappa shape index (κ1) is 18.3. The Morgan fingerprint density at radius 2 is 1.88 bits per heavy atom. The van der Waals surface area contributed by atoms with Gasteiger partial charge >= 0.3 is 6.03 Å². The zero-order valence-electron chi connectivity index (χ0n) is 15.2. The van der Waals surface area contributed by atoms with Crippen LogP contribution >= 0.6 is 0 Å². The normalized spacial score (nSPS) is 15.9. The topological polar surface area (TPSA) is 61.4 Å². The van der Waals surface area contributed by atoms with Crippen molar-refractivity contribution in [1.29, 1.82) is 0 Å². The van der Waals surface area contributed by atoms with E-state index in [1.54, 1.807) is 0 Å². The summed E-state index contributed by atoms with van der Waals surface area (Å²) < 4.78 is 0. The Hall–Kier alpha value is -2.04. The van der Waals surface area contributed by atoms with E-state index in [-0.39, 0.29) is 17.5 Å². The molecule has 1 saturated heterocycles. The van der Waals surface area contributed by atoms with Crippen molar-refractivity contribution in [3.05, 3.63) is 35.4 Å². The molecule has 0 unspecified atom stereocenters. The van der Waals surface area contributed by atoms with Gasteiger partial charge in [-0.1, -0.05) is 17.7 Å². The lowest BCUT2D eigenvalue weighted by Gasteiger charge is -2.34. The average Bonchev–Trinajstić information content (AvgIpc) is 2.51. The van der Waals surface area contributed by atoms with Gasteiger partial charge in [-0.25, -0.2) is 4.79 Å². The number of urea groups is 1. The molecule has 2 N–H and O–H groups in total. The Morgan fingerprint density at radius 1 is 1.21 bits per heavy atom. The van der Waals surface area contributed by atoms with Gasteiger partial charge in [0, 0.05) is 30.7 Å². The third-order valence-electron chi connectivity index (χ3n) is 4.22. The first-order chi connectivity index (χ1) is 11.2. The molecule has 0 aromatic heterocycles. The third kappa shape index (κ3) is 5.55. The van der Waals surface area contributed by atoms with Gasteiger partial charge in [0.2, 0.25) is 0 Å². The fraction of sp³-hybridized carbons (Fsp3) is 0.579. The quantitative estimate of drug-likeness (QED) is 0.894. The summed E-state index contributed by atoms with van der Waals surface area (Å²) >= 11 is 0. The zero-order valence-corrected chi connectivity index (χ0v) is 15.2. The van der Waals surface area contributed by atoms with E-state index in [4.69, 9.17) is 0 Å². The molecule has 24 heavy (non-hydrogen) atoms. The van der Waals surface area contributed by atoms with Crippen molar-refractivity contribution < 1.29 is 9.59 Å². The number of carbonyl (C=O) groups is 2. The Kier molecular flexibility index (Phi) is 5.86. The van der Waals surface area contributed by atoms with E-state index in [0.29, 0.717) is 18.0 Å². The Bertz CT molecular complexity index is 585. The summed E-state index contributed by atoms with van der Waals surface area (Å²) in [5, 5.41) is 6.02. The number of nitrogens with zero attached hydrogens (tertiary/aromatic N) is 1. The summed E-state index contributed by atoms with van der Waals surface area (Å²) in [5.41, 5.74) is 1.58. The predicted octanol–water partition coefficient (Wildman–Crippen LogP) is 2.94. The highest BCUT2D eigenvalue weighted by molar-refractivity contribution is 5.94. The highest BCUT2D eigenvalue weighted by atomic mass is 16.2. The number of nitrogens with one attached hydrogen (secondary N) is 2. The number of amides is 3. The van der Waals surface area contributed by atoms with Gasteiger partial charge in [-0.3, -0.25) is 4.79 Å². The molecule has 1 aromatic carbocycles. The summed E-state index contributed by atoms with van der Waals surface area (Å²) in [5.74, 6) is 0.407.